The van der Waals surface area contributed by atoms with E-state index in [2.05, 4.69) is 0 Å². The number of nitrogens with zero attached hydrogens (tertiary/aromatic N) is 1. The Morgan fingerprint density at radius 2 is 1.86 bits per heavy atom. The molecule has 1 unspecified atom stereocenters. The molecular weight excluding hydrogens is 282 g/mol. The molecule has 1 aliphatic carbocycles. The zero-order valence-electron chi connectivity index (χ0n) is 12.5. The minimum Gasteiger partial charge on any atom is -0.465 e. The van der Waals surface area contributed by atoms with E-state index in [0.717, 1.165) is 37.7 Å². The van der Waals surface area contributed by atoms with E-state index in [-0.39, 0.29) is 12.0 Å². The smallest absolute Gasteiger partial charge is 0.407 e. The van der Waals surface area contributed by atoms with Gasteiger partial charge < -0.3 is 14.7 Å². The van der Waals surface area contributed by atoms with Gasteiger partial charge >= 0.3 is 12.1 Å². The van der Waals surface area contributed by atoms with Gasteiger partial charge in [-0.3, -0.25) is 0 Å². The second kappa shape index (κ2) is 6.38. The van der Waals surface area contributed by atoms with E-state index in [1.165, 1.54) is 4.90 Å². The number of carbonyl (C=O) groups excluding carboxylic acids is 1. The predicted molar refractivity (Wildman–Crippen MR) is 80.8 cm³/mol. The van der Waals surface area contributed by atoms with Gasteiger partial charge in [0.25, 0.3) is 0 Å². The Morgan fingerprint density at radius 3 is 2.50 bits per heavy atom. The second-order valence-corrected chi connectivity index (χ2v) is 6.15. The SMILES string of the molecule is O=C(OCC1CC1)c1ccc(C2CCCCN2C(=O)O)cc1. The van der Waals surface area contributed by atoms with E-state index >= 15 is 0 Å². The van der Waals surface area contributed by atoms with E-state index < -0.39 is 6.09 Å². The Balaban J connectivity index is 1.66. The van der Waals surface area contributed by atoms with E-state index in [0.29, 0.717) is 24.6 Å². The molecule has 5 nitrogen and oxygen atoms in total. The van der Waals surface area contributed by atoms with Gasteiger partial charge in [-0.05, 0) is 55.7 Å². The molecule has 1 aromatic carbocycles. The fourth-order valence-corrected chi connectivity index (χ4v) is 2.91. The number of carboxylic acid groups (broad SMARTS) is 1. The van der Waals surface area contributed by atoms with Crippen LogP contribution >= 0.6 is 0 Å². The highest BCUT2D eigenvalue weighted by atomic mass is 16.5. The predicted octanol–water partition coefficient (Wildman–Crippen LogP) is 3.46. The van der Waals surface area contributed by atoms with E-state index in [4.69, 9.17) is 4.74 Å². The van der Waals surface area contributed by atoms with Crippen LogP contribution in [0, 0.1) is 5.92 Å². The molecule has 1 saturated heterocycles. The Hall–Kier alpha value is -2.04. The third-order valence-corrected chi connectivity index (χ3v) is 4.43. The number of hydrogen-bond donors (Lipinski definition) is 1. The number of amides is 1. The van der Waals surface area contributed by atoms with E-state index in [1.54, 1.807) is 12.1 Å². The number of carbonyl (C=O) groups is 2. The van der Waals surface area contributed by atoms with Gasteiger partial charge in [-0.25, -0.2) is 9.59 Å². The van der Waals surface area contributed by atoms with Crippen LogP contribution in [0.25, 0.3) is 0 Å². The van der Waals surface area contributed by atoms with Crippen LogP contribution in [0.4, 0.5) is 4.79 Å². The fraction of sp³-hybridized carbons (Fsp3) is 0.529. The Labute approximate surface area is 129 Å². The molecule has 5 heteroatoms. The Morgan fingerprint density at radius 1 is 1.14 bits per heavy atom. The zero-order chi connectivity index (χ0) is 15.5. The molecule has 0 bridgehead atoms. The normalized spacial score (nSPS) is 21.5. The first kappa shape index (κ1) is 14.9. The molecule has 1 saturated carbocycles. The molecule has 2 fully saturated rings. The summed E-state index contributed by atoms with van der Waals surface area (Å²) in [6.07, 6.45) is 4.20. The molecule has 3 rings (SSSR count). The lowest BCUT2D eigenvalue weighted by atomic mass is 9.95. The van der Waals surface area contributed by atoms with Gasteiger partial charge in [0.05, 0.1) is 18.2 Å². The van der Waals surface area contributed by atoms with Crippen LogP contribution in [0.5, 0.6) is 0 Å². The van der Waals surface area contributed by atoms with Crippen LogP contribution in [0.1, 0.15) is 54.1 Å². The fourth-order valence-electron chi connectivity index (χ4n) is 2.91. The first-order valence-electron chi connectivity index (χ1n) is 7.92. The molecule has 1 atom stereocenters. The number of benzene rings is 1. The van der Waals surface area contributed by atoms with Crippen molar-refractivity contribution in [2.75, 3.05) is 13.2 Å². The van der Waals surface area contributed by atoms with E-state index in [9.17, 15) is 14.7 Å². The topological polar surface area (TPSA) is 66.8 Å². The first-order chi connectivity index (χ1) is 10.6. The van der Waals surface area contributed by atoms with Crippen molar-refractivity contribution in [3.8, 4) is 0 Å². The van der Waals surface area contributed by atoms with E-state index in [1.807, 2.05) is 12.1 Å². The number of likely N-dealkylation sites (tertiary alicyclic amines) is 1. The van der Waals surface area contributed by atoms with Crippen LogP contribution in [-0.2, 0) is 4.74 Å². The number of esters is 1. The van der Waals surface area contributed by atoms with Gasteiger partial charge in [-0.15, -0.1) is 0 Å². The highest BCUT2D eigenvalue weighted by Gasteiger charge is 2.28. The molecule has 1 aromatic rings. The minimum absolute atomic E-state index is 0.109. The largest absolute Gasteiger partial charge is 0.465 e. The van der Waals surface area contributed by atoms with Crippen molar-refractivity contribution in [1.82, 2.24) is 4.90 Å². The summed E-state index contributed by atoms with van der Waals surface area (Å²) in [5, 5.41) is 9.29. The summed E-state index contributed by atoms with van der Waals surface area (Å²) in [5.74, 6) is 0.256. The molecule has 0 spiro atoms. The highest BCUT2D eigenvalue weighted by molar-refractivity contribution is 5.89. The van der Waals surface area contributed by atoms with Crippen LogP contribution in [-0.4, -0.2) is 35.2 Å². The summed E-state index contributed by atoms with van der Waals surface area (Å²) in [4.78, 5) is 24.7. The lowest BCUT2D eigenvalue weighted by Gasteiger charge is -2.33. The lowest BCUT2D eigenvalue weighted by Crippen LogP contribution is -2.37. The van der Waals surface area contributed by atoms with Crippen molar-refractivity contribution in [2.45, 2.75) is 38.1 Å². The van der Waals surface area contributed by atoms with Gasteiger partial charge in [0.2, 0.25) is 0 Å². The quantitative estimate of drug-likeness (QED) is 0.865. The van der Waals surface area contributed by atoms with Crippen LogP contribution in [0.3, 0.4) is 0 Å². The summed E-state index contributed by atoms with van der Waals surface area (Å²) in [5.41, 5.74) is 1.47. The number of piperidine rings is 1. The third-order valence-electron chi connectivity index (χ3n) is 4.43. The van der Waals surface area contributed by atoms with Crippen molar-refractivity contribution in [3.05, 3.63) is 35.4 Å². The maximum Gasteiger partial charge on any atom is 0.407 e. The molecule has 22 heavy (non-hydrogen) atoms. The molecule has 0 radical (unpaired) electrons. The summed E-state index contributed by atoms with van der Waals surface area (Å²) in [7, 11) is 0. The van der Waals surface area contributed by atoms with Gasteiger partial charge in [0, 0.05) is 6.54 Å². The average Bonchev–Trinajstić information content (AvgIpc) is 3.37. The number of hydrogen-bond acceptors (Lipinski definition) is 3. The van der Waals surface area contributed by atoms with Crippen LogP contribution in [0.2, 0.25) is 0 Å². The molecule has 2 aliphatic rings. The van der Waals surface area contributed by atoms with Gasteiger partial charge in [0.1, 0.15) is 0 Å². The third kappa shape index (κ3) is 3.40. The Bertz CT molecular complexity index is 550. The Kier molecular flexibility index (Phi) is 4.32. The molecule has 118 valence electrons. The lowest BCUT2D eigenvalue weighted by molar-refractivity contribution is 0.0485. The summed E-state index contributed by atoms with van der Waals surface area (Å²) < 4.78 is 5.25. The van der Waals surface area contributed by atoms with Crippen LogP contribution in [0.15, 0.2) is 24.3 Å². The molecular formula is C17H21NO4. The summed E-state index contributed by atoms with van der Waals surface area (Å²) in [6.45, 7) is 1.08. The van der Waals surface area contributed by atoms with Crippen molar-refractivity contribution >= 4 is 12.1 Å². The maximum absolute atomic E-state index is 11.9. The van der Waals surface area contributed by atoms with Crippen molar-refractivity contribution in [2.24, 2.45) is 5.92 Å². The van der Waals surface area contributed by atoms with Crippen molar-refractivity contribution < 1.29 is 19.4 Å². The second-order valence-electron chi connectivity index (χ2n) is 6.15. The summed E-state index contributed by atoms with van der Waals surface area (Å²) >= 11 is 0. The van der Waals surface area contributed by atoms with Gasteiger partial charge in [-0.2, -0.15) is 0 Å². The molecule has 1 N–H and O–H groups in total. The summed E-state index contributed by atoms with van der Waals surface area (Å²) in [6, 6.07) is 7.06. The van der Waals surface area contributed by atoms with Crippen LogP contribution < -0.4 is 0 Å². The number of ether oxygens (including phenoxy) is 1. The first-order valence-corrected chi connectivity index (χ1v) is 7.92. The average molecular weight is 303 g/mol. The van der Waals surface area contributed by atoms with Gasteiger partial charge in [0.15, 0.2) is 0 Å². The van der Waals surface area contributed by atoms with Crippen molar-refractivity contribution in [3.63, 3.8) is 0 Å². The molecule has 1 amide bonds. The standard InChI is InChI=1S/C17H21NO4/c19-16(22-11-12-4-5-12)14-8-6-13(7-9-14)15-3-1-2-10-18(15)17(20)21/h6-9,12,15H,1-5,10-11H2,(H,20,21). The molecule has 1 heterocycles. The van der Waals surface area contributed by atoms with Crippen molar-refractivity contribution in [1.29, 1.82) is 0 Å². The molecule has 0 aromatic heterocycles. The highest BCUT2D eigenvalue weighted by Crippen LogP contribution is 2.31. The molecule has 1 aliphatic heterocycles. The minimum atomic E-state index is -0.877. The zero-order valence-corrected chi connectivity index (χ0v) is 12.5. The maximum atomic E-state index is 11.9. The van der Waals surface area contributed by atoms with Gasteiger partial charge in [-0.1, -0.05) is 12.1 Å². The number of rotatable bonds is 4. The monoisotopic (exact) mass is 303 g/mol.